The number of aromatic nitrogens is 2. The molecular formula is C21H25N5. The van der Waals surface area contributed by atoms with Crippen molar-refractivity contribution < 1.29 is 0 Å². The van der Waals surface area contributed by atoms with E-state index >= 15 is 0 Å². The highest BCUT2D eigenvalue weighted by atomic mass is 15.2. The maximum Gasteiger partial charge on any atom is 0.0961 e. The zero-order chi connectivity index (χ0) is 17.8. The van der Waals surface area contributed by atoms with Crippen LogP contribution < -0.4 is 14.7 Å². The van der Waals surface area contributed by atoms with E-state index in [9.17, 15) is 0 Å². The van der Waals surface area contributed by atoms with Gasteiger partial charge in [0.25, 0.3) is 0 Å². The van der Waals surface area contributed by atoms with Gasteiger partial charge in [-0.3, -0.25) is 0 Å². The molecule has 2 aliphatic rings. The minimum atomic E-state index is 0.867. The first-order valence-corrected chi connectivity index (χ1v) is 9.34. The van der Waals surface area contributed by atoms with Gasteiger partial charge < -0.3 is 19.3 Å². The maximum absolute atomic E-state index is 4.68. The molecule has 0 amide bonds. The van der Waals surface area contributed by atoms with Crippen LogP contribution in [0.1, 0.15) is 11.1 Å². The second kappa shape index (κ2) is 5.66. The van der Waals surface area contributed by atoms with Crippen molar-refractivity contribution in [2.45, 2.75) is 13.0 Å². The number of fused-ring (bicyclic) bond motifs is 3. The summed E-state index contributed by atoms with van der Waals surface area (Å²) in [5.41, 5.74) is 9.05. The topological polar surface area (TPSA) is 27.5 Å². The molecule has 5 heteroatoms. The lowest BCUT2D eigenvalue weighted by molar-refractivity contribution is 0.796. The van der Waals surface area contributed by atoms with Gasteiger partial charge in [0.2, 0.25) is 0 Å². The Hall–Kier alpha value is -2.69. The molecule has 0 atom stereocenters. The van der Waals surface area contributed by atoms with Gasteiger partial charge in [0, 0.05) is 53.0 Å². The van der Waals surface area contributed by atoms with Crippen molar-refractivity contribution in [3.63, 3.8) is 0 Å². The van der Waals surface area contributed by atoms with Crippen LogP contribution in [0.25, 0.3) is 11.0 Å². The summed E-state index contributed by atoms with van der Waals surface area (Å²) in [4.78, 5) is 11.7. The fourth-order valence-corrected chi connectivity index (χ4v) is 4.28. The van der Waals surface area contributed by atoms with Crippen LogP contribution >= 0.6 is 0 Å². The molecule has 5 nitrogen and oxygen atoms in total. The Kier molecular flexibility index (Phi) is 3.39. The molecule has 0 spiro atoms. The Balaban J connectivity index is 1.53. The Bertz CT molecular complexity index is 989. The van der Waals surface area contributed by atoms with E-state index in [1.807, 2.05) is 6.33 Å². The summed E-state index contributed by atoms with van der Waals surface area (Å²) in [6.07, 6.45) is 3.13. The molecule has 1 aromatic heterocycles. The summed E-state index contributed by atoms with van der Waals surface area (Å²) in [7, 11) is 6.51. The average molecular weight is 347 g/mol. The highest BCUT2D eigenvalue weighted by Gasteiger charge is 2.20. The van der Waals surface area contributed by atoms with E-state index in [1.54, 1.807) is 0 Å². The van der Waals surface area contributed by atoms with E-state index in [0.29, 0.717) is 0 Å². The molecule has 0 aliphatic carbocycles. The maximum atomic E-state index is 4.68. The van der Waals surface area contributed by atoms with E-state index in [2.05, 4.69) is 75.7 Å². The number of nitrogens with zero attached hydrogens (tertiary/aromatic N) is 5. The molecule has 0 unspecified atom stereocenters. The molecule has 134 valence electrons. The fraction of sp³-hybridized carbons (Fsp3) is 0.381. The molecule has 3 aromatic rings. The van der Waals surface area contributed by atoms with Crippen LogP contribution in [-0.2, 0) is 13.0 Å². The summed E-state index contributed by atoms with van der Waals surface area (Å²) in [5, 5.41) is 0. The summed E-state index contributed by atoms with van der Waals surface area (Å²) >= 11 is 0. The standard InChI is InChI=1S/C21H25N5/c1-23-7-6-16-10-15(4-5-18(16)23)13-26-14-22-17-11-20-21(12-19(17)26)25(3)9-8-24(20)2/h4-5,10-12,14H,6-9,13H2,1-3H3. The van der Waals surface area contributed by atoms with E-state index in [0.717, 1.165) is 38.1 Å². The number of benzene rings is 2. The first kappa shape index (κ1) is 15.6. The number of imidazole rings is 1. The Morgan fingerprint density at radius 3 is 2.38 bits per heavy atom. The van der Waals surface area contributed by atoms with Gasteiger partial charge in [-0.15, -0.1) is 0 Å². The normalized spacial score (nSPS) is 16.3. The molecule has 0 saturated carbocycles. The Morgan fingerprint density at radius 1 is 0.846 bits per heavy atom. The number of hydrogen-bond donors (Lipinski definition) is 0. The molecule has 0 bridgehead atoms. The van der Waals surface area contributed by atoms with Crippen LogP contribution in [0.3, 0.4) is 0 Å². The summed E-state index contributed by atoms with van der Waals surface area (Å²) in [5.74, 6) is 0. The molecule has 2 aliphatic heterocycles. The summed E-state index contributed by atoms with van der Waals surface area (Å²) in [6, 6.07) is 11.4. The molecule has 2 aromatic carbocycles. The molecule has 0 saturated heterocycles. The first-order valence-electron chi connectivity index (χ1n) is 9.34. The highest BCUT2D eigenvalue weighted by Crippen LogP contribution is 2.35. The van der Waals surface area contributed by atoms with Crippen molar-refractivity contribution in [1.29, 1.82) is 0 Å². The molecule has 5 rings (SSSR count). The molecule has 26 heavy (non-hydrogen) atoms. The van der Waals surface area contributed by atoms with Crippen molar-refractivity contribution in [2.24, 2.45) is 0 Å². The zero-order valence-corrected chi connectivity index (χ0v) is 15.7. The van der Waals surface area contributed by atoms with Gasteiger partial charge in [0.05, 0.1) is 28.7 Å². The van der Waals surface area contributed by atoms with Gasteiger partial charge in [-0.2, -0.15) is 0 Å². The lowest BCUT2D eigenvalue weighted by Crippen LogP contribution is -2.36. The number of hydrogen-bond acceptors (Lipinski definition) is 4. The van der Waals surface area contributed by atoms with Crippen LogP contribution in [0.4, 0.5) is 17.1 Å². The second-order valence-corrected chi connectivity index (χ2v) is 7.68. The number of likely N-dealkylation sites (N-methyl/N-ethyl adjacent to an activating group) is 3. The van der Waals surface area contributed by atoms with Crippen molar-refractivity contribution >= 4 is 28.1 Å². The van der Waals surface area contributed by atoms with Crippen molar-refractivity contribution in [3.8, 4) is 0 Å². The SMILES string of the molecule is CN1CCc2cc(Cn3cnc4cc5c(cc43)N(C)CCN5C)ccc21. The van der Waals surface area contributed by atoms with E-state index < -0.39 is 0 Å². The van der Waals surface area contributed by atoms with Crippen LogP contribution in [-0.4, -0.2) is 50.3 Å². The largest absolute Gasteiger partial charge is 0.374 e. The first-order chi connectivity index (χ1) is 12.6. The average Bonchev–Trinajstić information content (AvgIpc) is 3.21. The molecular weight excluding hydrogens is 322 g/mol. The van der Waals surface area contributed by atoms with Gasteiger partial charge in [0.1, 0.15) is 0 Å². The van der Waals surface area contributed by atoms with Crippen molar-refractivity contribution in [3.05, 3.63) is 47.8 Å². The summed E-state index contributed by atoms with van der Waals surface area (Å²) in [6.45, 7) is 4.10. The minimum Gasteiger partial charge on any atom is -0.374 e. The monoisotopic (exact) mass is 347 g/mol. The van der Waals surface area contributed by atoms with E-state index in [4.69, 9.17) is 0 Å². The predicted molar refractivity (Wildman–Crippen MR) is 109 cm³/mol. The number of rotatable bonds is 2. The lowest BCUT2D eigenvalue weighted by Gasteiger charge is -2.34. The third-order valence-electron chi connectivity index (χ3n) is 5.94. The minimum absolute atomic E-state index is 0.867. The van der Waals surface area contributed by atoms with Crippen molar-refractivity contribution in [1.82, 2.24) is 9.55 Å². The van der Waals surface area contributed by atoms with E-state index in [1.165, 1.54) is 33.7 Å². The lowest BCUT2D eigenvalue weighted by atomic mass is 10.1. The van der Waals surface area contributed by atoms with Gasteiger partial charge in [0.15, 0.2) is 0 Å². The molecule has 0 N–H and O–H groups in total. The zero-order valence-electron chi connectivity index (χ0n) is 15.7. The van der Waals surface area contributed by atoms with Crippen LogP contribution in [0.5, 0.6) is 0 Å². The van der Waals surface area contributed by atoms with E-state index in [-0.39, 0.29) is 0 Å². The second-order valence-electron chi connectivity index (χ2n) is 7.68. The summed E-state index contributed by atoms with van der Waals surface area (Å²) < 4.78 is 2.28. The predicted octanol–water partition coefficient (Wildman–Crippen LogP) is 2.96. The van der Waals surface area contributed by atoms with Gasteiger partial charge >= 0.3 is 0 Å². The molecule has 3 heterocycles. The quantitative estimate of drug-likeness (QED) is 0.712. The third kappa shape index (κ3) is 2.34. The Labute approximate surface area is 154 Å². The van der Waals surface area contributed by atoms with Crippen molar-refractivity contribution in [2.75, 3.05) is 55.5 Å². The van der Waals surface area contributed by atoms with Gasteiger partial charge in [-0.1, -0.05) is 12.1 Å². The molecule has 0 radical (unpaired) electrons. The van der Waals surface area contributed by atoms with Crippen LogP contribution in [0.2, 0.25) is 0 Å². The van der Waals surface area contributed by atoms with Gasteiger partial charge in [-0.05, 0) is 35.7 Å². The van der Waals surface area contributed by atoms with Gasteiger partial charge in [-0.25, -0.2) is 4.98 Å². The third-order valence-corrected chi connectivity index (χ3v) is 5.94. The van der Waals surface area contributed by atoms with Crippen LogP contribution in [0, 0.1) is 0 Å². The highest BCUT2D eigenvalue weighted by molar-refractivity contribution is 5.89. The number of anilines is 3. The Morgan fingerprint density at radius 2 is 1.58 bits per heavy atom. The smallest absolute Gasteiger partial charge is 0.0961 e. The fourth-order valence-electron chi connectivity index (χ4n) is 4.28. The van der Waals surface area contributed by atoms with Crippen LogP contribution in [0.15, 0.2) is 36.7 Å². The molecule has 0 fully saturated rings.